The molecule has 8 nitrogen and oxygen atoms in total. The SMILES string of the molecule is Cc1ccc(-n2cc(C(=O)N3CCN(C(=O)c4ccco4)CC3)nn2)cc1C. The van der Waals surface area contributed by atoms with E-state index in [0.717, 1.165) is 11.3 Å². The molecule has 144 valence electrons. The minimum atomic E-state index is -0.180. The predicted octanol–water partition coefficient (Wildman–Crippen LogP) is 2.08. The van der Waals surface area contributed by atoms with Gasteiger partial charge in [-0.1, -0.05) is 11.3 Å². The summed E-state index contributed by atoms with van der Waals surface area (Å²) in [6.45, 7) is 5.88. The number of hydrogen-bond acceptors (Lipinski definition) is 5. The van der Waals surface area contributed by atoms with Gasteiger partial charge in [0.2, 0.25) is 0 Å². The fourth-order valence-electron chi connectivity index (χ4n) is 3.19. The van der Waals surface area contributed by atoms with Crippen LogP contribution in [0.5, 0.6) is 0 Å². The predicted molar refractivity (Wildman–Crippen MR) is 101 cm³/mol. The Balaban J connectivity index is 1.41. The highest BCUT2D eigenvalue weighted by Crippen LogP contribution is 2.15. The number of aromatic nitrogens is 3. The average Bonchev–Trinajstić information content (AvgIpc) is 3.41. The summed E-state index contributed by atoms with van der Waals surface area (Å²) in [5, 5.41) is 8.13. The molecule has 28 heavy (non-hydrogen) atoms. The summed E-state index contributed by atoms with van der Waals surface area (Å²) in [6.07, 6.45) is 3.12. The second-order valence-electron chi connectivity index (χ2n) is 6.88. The van der Waals surface area contributed by atoms with E-state index in [-0.39, 0.29) is 11.8 Å². The van der Waals surface area contributed by atoms with E-state index in [1.165, 1.54) is 11.8 Å². The maximum absolute atomic E-state index is 12.8. The van der Waals surface area contributed by atoms with Crippen molar-refractivity contribution in [2.45, 2.75) is 13.8 Å². The van der Waals surface area contributed by atoms with Crippen molar-refractivity contribution in [1.29, 1.82) is 0 Å². The van der Waals surface area contributed by atoms with Crippen LogP contribution in [0.4, 0.5) is 0 Å². The standard InChI is InChI=1S/C20H21N5O3/c1-14-5-6-16(12-15(14)2)25-13-17(21-22-25)19(26)23-7-9-24(10-8-23)20(27)18-4-3-11-28-18/h3-6,11-13H,7-10H2,1-2H3. The minimum absolute atomic E-state index is 0.155. The molecule has 2 amide bonds. The van der Waals surface area contributed by atoms with E-state index in [2.05, 4.69) is 10.3 Å². The molecule has 0 atom stereocenters. The smallest absolute Gasteiger partial charge is 0.289 e. The summed E-state index contributed by atoms with van der Waals surface area (Å²) < 4.78 is 6.77. The number of carbonyl (C=O) groups excluding carboxylic acids is 2. The van der Waals surface area contributed by atoms with Gasteiger partial charge in [-0.15, -0.1) is 5.10 Å². The molecule has 0 radical (unpaired) electrons. The molecule has 1 aliphatic heterocycles. The van der Waals surface area contributed by atoms with E-state index >= 15 is 0 Å². The van der Waals surface area contributed by atoms with Crippen LogP contribution in [0, 0.1) is 13.8 Å². The number of hydrogen-bond donors (Lipinski definition) is 0. The average molecular weight is 379 g/mol. The molecule has 1 fully saturated rings. The van der Waals surface area contributed by atoms with E-state index in [0.29, 0.717) is 37.6 Å². The normalized spacial score (nSPS) is 14.4. The lowest BCUT2D eigenvalue weighted by molar-refractivity contribution is 0.0515. The second-order valence-corrected chi connectivity index (χ2v) is 6.88. The maximum Gasteiger partial charge on any atom is 0.289 e. The summed E-state index contributed by atoms with van der Waals surface area (Å²) in [4.78, 5) is 28.5. The Bertz CT molecular complexity index is 1000. The van der Waals surface area contributed by atoms with Gasteiger partial charge in [0, 0.05) is 26.2 Å². The van der Waals surface area contributed by atoms with Crippen LogP contribution in [0.1, 0.15) is 32.2 Å². The molecule has 8 heteroatoms. The highest BCUT2D eigenvalue weighted by Gasteiger charge is 2.27. The number of benzene rings is 1. The molecule has 1 aromatic carbocycles. The number of rotatable bonds is 3. The number of amides is 2. The van der Waals surface area contributed by atoms with E-state index < -0.39 is 0 Å². The first-order chi connectivity index (χ1) is 13.5. The van der Waals surface area contributed by atoms with Crippen molar-refractivity contribution in [3.8, 4) is 5.69 Å². The monoisotopic (exact) mass is 379 g/mol. The summed E-state index contributed by atoms with van der Waals surface area (Å²) >= 11 is 0. The lowest BCUT2D eigenvalue weighted by Gasteiger charge is -2.33. The Hall–Kier alpha value is -3.42. The van der Waals surface area contributed by atoms with Crippen LogP contribution >= 0.6 is 0 Å². The van der Waals surface area contributed by atoms with Gasteiger partial charge in [0.1, 0.15) is 0 Å². The van der Waals surface area contributed by atoms with Gasteiger partial charge in [-0.2, -0.15) is 0 Å². The van der Waals surface area contributed by atoms with Crippen LogP contribution < -0.4 is 0 Å². The van der Waals surface area contributed by atoms with Crippen molar-refractivity contribution >= 4 is 11.8 Å². The summed E-state index contributed by atoms with van der Waals surface area (Å²) in [6, 6.07) is 9.31. The number of piperazine rings is 1. The summed E-state index contributed by atoms with van der Waals surface area (Å²) in [7, 11) is 0. The molecule has 4 rings (SSSR count). The molecular formula is C20H21N5O3. The zero-order valence-corrected chi connectivity index (χ0v) is 15.8. The zero-order valence-electron chi connectivity index (χ0n) is 15.8. The van der Waals surface area contributed by atoms with Crippen LogP contribution in [0.15, 0.2) is 47.2 Å². The quantitative estimate of drug-likeness (QED) is 0.696. The number of nitrogens with zero attached hydrogens (tertiary/aromatic N) is 5. The Morgan fingerprint density at radius 1 is 0.964 bits per heavy atom. The van der Waals surface area contributed by atoms with Gasteiger partial charge in [0.25, 0.3) is 11.8 Å². The molecule has 0 aliphatic carbocycles. The molecule has 0 unspecified atom stereocenters. The third kappa shape index (κ3) is 3.40. The fraction of sp³-hybridized carbons (Fsp3) is 0.300. The van der Waals surface area contributed by atoms with Crippen LogP contribution in [0.3, 0.4) is 0 Å². The Kier molecular flexibility index (Phi) is 4.68. The van der Waals surface area contributed by atoms with Crippen molar-refractivity contribution in [2.75, 3.05) is 26.2 Å². The number of carbonyl (C=O) groups is 2. The molecule has 3 heterocycles. The lowest BCUT2D eigenvalue weighted by atomic mass is 10.1. The van der Waals surface area contributed by atoms with Gasteiger partial charge in [-0.05, 0) is 49.2 Å². The van der Waals surface area contributed by atoms with Crippen molar-refractivity contribution in [1.82, 2.24) is 24.8 Å². The van der Waals surface area contributed by atoms with Crippen molar-refractivity contribution < 1.29 is 14.0 Å². The van der Waals surface area contributed by atoms with Gasteiger partial charge in [0.15, 0.2) is 11.5 Å². The molecule has 0 N–H and O–H groups in total. The topological polar surface area (TPSA) is 84.5 Å². The Morgan fingerprint density at radius 2 is 1.68 bits per heavy atom. The van der Waals surface area contributed by atoms with E-state index in [9.17, 15) is 9.59 Å². The van der Waals surface area contributed by atoms with Crippen LogP contribution in [-0.4, -0.2) is 62.8 Å². The third-order valence-corrected chi connectivity index (χ3v) is 5.05. The Labute approximate surface area is 162 Å². The fourth-order valence-corrected chi connectivity index (χ4v) is 3.19. The van der Waals surface area contributed by atoms with Gasteiger partial charge < -0.3 is 14.2 Å². The van der Waals surface area contributed by atoms with Crippen LogP contribution in [0.2, 0.25) is 0 Å². The summed E-state index contributed by atoms with van der Waals surface area (Å²) in [5.74, 6) is -0.0194. The number of aryl methyl sites for hydroxylation is 2. The van der Waals surface area contributed by atoms with Gasteiger partial charge in [0.05, 0.1) is 18.1 Å². The highest BCUT2D eigenvalue weighted by atomic mass is 16.3. The largest absolute Gasteiger partial charge is 0.459 e. The van der Waals surface area contributed by atoms with E-state index in [1.54, 1.807) is 32.8 Å². The van der Waals surface area contributed by atoms with Crippen molar-refractivity contribution in [2.24, 2.45) is 0 Å². The first-order valence-electron chi connectivity index (χ1n) is 9.15. The third-order valence-electron chi connectivity index (χ3n) is 5.05. The number of furan rings is 1. The van der Waals surface area contributed by atoms with Crippen LogP contribution in [0.25, 0.3) is 5.69 Å². The molecule has 2 aromatic heterocycles. The molecule has 1 aliphatic rings. The minimum Gasteiger partial charge on any atom is -0.459 e. The van der Waals surface area contributed by atoms with Crippen molar-refractivity contribution in [3.63, 3.8) is 0 Å². The molecule has 0 bridgehead atoms. The highest BCUT2D eigenvalue weighted by molar-refractivity contribution is 5.93. The second kappa shape index (κ2) is 7.30. The van der Waals surface area contributed by atoms with Crippen LogP contribution in [-0.2, 0) is 0 Å². The van der Waals surface area contributed by atoms with Gasteiger partial charge in [-0.25, -0.2) is 4.68 Å². The molecular weight excluding hydrogens is 358 g/mol. The zero-order chi connectivity index (χ0) is 19.7. The van der Waals surface area contributed by atoms with E-state index in [4.69, 9.17) is 4.42 Å². The molecule has 3 aromatic rings. The van der Waals surface area contributed by atoms with Crippen molar-refractivity contribution in [3.05, 3.63) is 65.4 Å². The summed E-state index contributed by atoms with van der Waals surface area (Å²) in [5.41, 5.74) is 3.51. The Morgan fingerprint density at radius 3 is 2.32 bits per heavy atom. The maximum atomic E-state index is 12.8. The van der Waals surface area contributed by atoms with Gasteiger partial charge >= 0.3 is 0 Å². The first-order valence-corrected chi connectivity index (χ1v) is 9.15. The molecule has 1 saturated heterocycles. The van der Waals surface area contributed by atoms with E-state index in [1.807, 2.05) is 32.0 Å². The molecule has 0 saturated carbocycles. The lowest BCUT2D eigenvalue weighted by Crippen LogP contribution is -2.50. The molecule has 0 spiro atoms. The van der Waals surface area contributed by atoms with Gasteiger partial charge in [-0.3, -0.25) is 9.59 Å². The first kappa shape index (κ1) is 18.0.